The van der Waals surface area contributed by atoms with Gasteiger partial charge in [0, 0.05) is 12.1 Å². The molecule has 1 aliphatic heterocycles. The molecule has 1 aliphatic rings. The lowest BCUT2D eigenvalue weighted by atomic mass is 10.1. The first-order chi connectivity index (χ1) is 14.5. The van der Waals surface area contributed by atoms with E-state index >= 15 is 0 Å². The Morgan fingerprint density at radius 1 is 1.33 bits per heavy atom. The minimum absolute atomic E-state index is 0.0275. The van der Waals surface area contributed by atoms with Crippen molar-refractivity contribution in [3.8, 4) is 5.88 Å². The van der Waals surface area contributed by atoms with Crippen LogP contribution in [-0.4, -0.2) is 47.4 Å². The fourth-order valence-corrected chi connectivity index (χ4v) is 4.04. The molecule has 0 atom stereocenters. The Morgan fingerprint density at radius 2 is 2.10 bits per heavy atom. The summed E-state index contributed by atoms with van der Waals surface area (Å²) in [4.78, 5) is 26.4. The molecule has 2 aromatic rings. The van der Waals surface area contributed by atoms with E-state index in [4.69, 9.17) is 10.5 Å². The molecule has 0 spiro atoms. The number of rotatable bonds is 9. The van der Waals surface area contributed by atoms with Gasteiger partial charge >= 0.3 is 6.03 Å². The number of carbonyl (C=O) groups is 2. The fourth-order valence-electron chi connectivity index (χ4n) is 3.30. The lowest BCUT2D eigenvalue weighted by Gasteiger charge is -2.14. The molecule has 1 fully saturated rings. The van der Waals surface area contributed by atoms with E-state index in [0.717, 1.165) is 37.6 Å². The van der Waals surface area contributed by atoms with Gasteiger partial charge in [0.15, 0.2) is 0 Å². The quantitative estimate of drug-likeness (QED) is 0.525. The predicted octanol–water partition coefficient (Wildman–Crippen LogP) is 2.88. The van der Waals surface area contributed by atoms with Crippen LogP contribution in [-0.2, 0) is 6.61 Å². The van der Waals surface area contributed by atoms with E-state index in [9.17, 15) is 14.0 Å². The number of primary amides is 1. The zero-order chi connectivity index (χ0) is 21.5. The summed E-state index contributed by atoms with van der Waals surface area (Å²) in [6.45, 7) is 5.24. The number of anilines is 1. The molecule has 0 radical (unpaired) electrons. The lowest BCUT2D eigenvalue weighted by molar-refractivity contribution is 0.0996. The van der Waals surface area contributed by atoms with E-state index in [-0.39, 0.29) is 28.9 Å². The zero-order valence-corrected chi connectivity index (χ0v) is 17.7. The van der Waals surface area contributed by atoms with Crippen LogP contribution in [0, 0.1) is 12.7 Å². The van der Waals surface area contributed by atoms with Crippen molar-refractivity contribution in [2.45, 2.75) is 32.8 Å². The van der Waals surface area contributed by atoms with Crippen LogP contribution in [0.25, 0.3) is 0 Å². The molecule has 10 heteroatoms. The van der Waals surface area contributed by atoms with Gasteiger partial charge in [-0.15, -0.1) is 0 Å². The van der Waals surface area contributed by atoms with Crippen molar-refractivity contribution in [1.82, 2.24) is 14.6 Å². The van der Waals surface area contributed by atoms with Crippen LogP contribution >= 0.6 is 11.5 Å². The number of amides is 3. The Balaban J connectivity index is 1.54. The van der Waals surface area contributed by atoms with Crippen molar-refractivity contribution in [1.29, 1.82) is 0 Å². The molecule has 0 saturated carbocycles. The zero-order valence-electron chi connectivity index (χ0n) is 16.9. The van der Waals surface area contributed by atoms with E-state index in [1.165, 1.54) is 12.8 Å². The van der Waals surface area contributed by atoms with Gasteiger partial charge in [0.2, 0.25) is 5.88 Å². The average molecular weight is 436 g/mol. The molecular weight excluding hydrogens is 409 g/mol. The number of benzene rings is 1. The number of nitrogens with zero attached hydrogens (tertiary/aromatic N) is 2. The summed E-state index contributed by atoms with van der Waals surface area (Å²) in [6.07, 6.45) is 3.31. The summed E-state index contributed by atoms with van der Waals surface area (Å²) in [5, 5.41) is 5.55. The highest BCUT2D eigenvalue weighted by Crippen LogP contribution is 2.31. The Kier molecular flexibility index (Phi) is 7.58. The number of halogens is 1. The van der Waals surface area contributed by atoms with Gasteiger partial charge in [0.1, 0.15) is 23.0 Å². The second kappa shape index (κ2) is 10.4. The summed E-state index contributed by atoms with van der Waals surface area (Å²) in [6, 6.07) is 4.52. The third kappa shape index (κ3) is 5.67. The summed E-state index contributed by atoms with van der Waals surface area (Å²) in [7, 11) is 0. The number of nitrogens with one attached hydrogen (secondary N) is 2. The Hall–Kier alpha value is -2.72. The van der Waals surface area contributed by atoms with E-state index < -0.39 is 11.9 Å². The van der Waals surface area contributed by atoms with Crippen molar-refractivity contribution < 1.29 is 18.7 Å². The highest BCUT2D eigenvalue weighted by Gasteiger charge is 2.22. The first-order valence-corrected chi connectivity index (χ1v) is 10.7. The van der Waals surface area contributed by atoms with Crippen LogP contribution in [0.5, 0.6) is 5.88 Å². The van der Waals surface area contributed by atoms with Crippen LogP contribution in [0.4, 0.5) is 14.2 Å². The largest absolute Gasteiger partial charge is 0.471 e. The number of carbonyl (C=O) groups excluding carboxylic acids is 2. The molecule has 0 aliphatic carbocycles. The van der Waals surface area contributed by atoms with E-state index in [1.807, 2.05) is 0 Å². The maximum atomic E-state index is 14.1. The Morgan fingerprint density at radius 3 is 2.83 bits per heavy atom. The van der Waals surface area contributed by atoms with Gasteiger partial charge in [0.25, 0.3) is 5.91 Å². The molecule has 1 saturated heterocycles. The lowest BCUT2D eigenvalue weighted by Crippen LogP contribution is -2.32. The molecule has 2 heterocycles. The number of likely N-dealkylation sites (tertiary alicyclic amines) is 1. The van der Waals surface area contributed by atoms with Gasteiger partial charge in [-0.05, 0) is 62.9 Å². The van der Waals surface area contributed by atoms with Crippen LogP contribution in [0.3, 0.4) is 0 Å². The number of aryl methyl sites for hydroxylation is 1. The van der Waals surface area contributed by atoms with E-state index in [2.05, 4.69) is 19.9 Å². The summed E-state index contributed by atoms with van der Waals surface area (Å²) in [5.41, 5.74) is 6.25. The van der Waals surface area contributed by atoms with Crippen molar-refractivity contribution >= 4 is 28.5 Å². The predicted molar refractivity (Wildman–Crippen MR) is 113 cm³/mol. The monoisotopic (exact) mass is 435 g/mol. The van der Waals surface area contributed by atoms with Crippen LogP contribution in [0.15, 0.2) is 18.2 Å². The molecule has 8 nitrogen and oxygen atoms in total. The standard InChI is InChI=1S/C20H26FN5O3S/c1-13-6-4-7-14(16(13)21)12-29-18-15(17(22)27)19(30-25-18)24-20(28)23-8-5-11-26-9-2-3-10-26/h4,6-7H,2-3,5,8-12H2,1H3,(H2,22,27)(H2,23,24,28). The number of aromatic nitrogens is 1. The van der Waals surface area contributed by atoms with Gasteiger partial charge in [0.05, 0.1) is 0 Å². The highest BCUT2D eigenvalue weighted by atomic mass is 32.1. The first kappa shape index (κ1) is 22.0. The highest BCUT2D eigenvalue weighted by molar-refractivity contribution is 7.11. The minimum atomic E-state index is -0.784. The van der Waals surface area contributed by atoms with Crippen LogP contribution in [0.1, 0.15) is 40.7 Å². The average Bonchev–Trinajstić information content (AvgIpc) is 3.36. The molecule has 162 valence electrons. The second-order valence-electron chi connectivity index (χ2n) is 7.18. The molecule has 4 N–H and O–H groups in total. The molecule has 3 rings (SSSR count). The van der Waals surface area contributed by atoms with Gasteiger partial charge < -0.3 is 20.7 Å². The van der Waals surface area contributed by atoms with Crippen LogP contribution in [0.2, 0.25) is 0 Å². The number of hydrogen-bond donors (Lipinski definition) is 3. The molecule has 1 aromatic carbocycles. The number of urea groups is 1. The first-order valence-electron chi connectivity index (χ1n) is 9.89. The van der Waals surface area contributed by atoms with Crippen molar-refractivity contribution in [2.75, 3.05) is 31.5 Å². The molecule has 0 unspecified atom stereocenters. The molecule has 1 aromatic heterocycles. The van der Waals surface area contributed by atoms with Crippen molar-refractivity contribution in [3.63, 3.8) is 0 Å². The van der Waals surface area contributed by atoms with E-state index in [0.29, 0.717) is 17.7 Å². The van der Waals surface area contributed by atoms with Gasteiger partial charge in [-0.3, -0.25) is 10.1 Å². The second-order valence-corrected chi connectivity index (χ2v) is 7.95. The topological polar surface area (TPSA) is 110 Å². The fraction of sp³-hybridized carbons (Fsp3) is 0.450. The number of nitrogens with two attached hydrogens (primary N) is 1. The summed E-state index contributed by atoms with van der Waals surface area (Å²) in [5.74, 6) is -1.19. The smallest absolute Gasteiger partial charge is 0.319 e. The van der Waals surface area contributed by atoms with Gasteiger partial charge in [-0.2, -0.15) is 4.37 Å². The van der Waals surface area contributed by atoms with Crippen LogP contribution < -0.4 is 21.1 Å². The van der Waals surface area contributed by atoms with Gasteiger partial charge in [-0.1, -0.05) is 18.2 Å². The summed E-state index contributed by atoms with van der Waals surface area (Å²) < 4.78 is 23.7. The SMILES string of the molecule is Cc1cccc(COc2nsc(NC(=O)NCCCN3CCCC3)c2C(N)=O)c1F. The van der Waals surface area contributed by atoms with Crippen molar-refractivity contribution in [3.05, 3.63) is 40.7 Å². The van der Waals surface area contributed by atoms with E-state index in [1.54, 1.807) is 25.1 Å². The molecule has 3 amide bonds. The van der Waals surface area contributed by atoms with Crippen molar-refractivity contribution in [2.24, 2.45) is 5.73 Å². The molecular formula is C20H26FN5O3S. The molecule has 30 heavy (non-hydrogen) atoms. The maximum absolute atomic E-state index is 14.1. The molecule has 0 bridgehead atoms. The Labute approximate surface area is 178 Å². The third-order valence-corrected chi connectivity index (χ3v) is 5.65. The number of ether oxygens (including phenoxy) is 1. The van der Waals surface area contributed by atoms with Gasteiger partial charge in [-0.25, -0.2) is 9.18 Å². The normalized spacial score (nSPS) is 13.9. The maximum Gasteiger partial charge on any atom is 0.319 e. The Bertz CT molecular complexity index is 899. The minimum Gasteiger partial charge on any atom is -0.471 e. The third-order valence-electron chi connectivity index (χ3n) is 4.91. The number of hydrogen-bond acceptors (Lipinski definition) is 6. The summed E-state index contributed by atoms with van der Waals surface area (Å²) >= 11 is 0.885.